The summed E-state index contributed by atoms with van der Waals surface area (Å²) in [5, 5.41) is -0.230. The lowest BCUT2D eigenvalue weighted by molar-refractivity contribution is -0.122. The fraction of sp³-hybridized carbons (Fsp3) is 0.273. The third-order valence-corrected chi connectivity index (χ3v) is 5.90. The molecule has 5 nitrogen and oxygen atoms in total. The molecule has 1 saturated heterocycles. The van der Waals surface area contributed by atoms with Crippen LogP contribution in [0.4, 0.5) is 4.79 Å². The number of imide groups is 1. The Labute approximate surface area is 183 Å². The minimum atomic E-state index is -0.253. The van der Waals surface area contributed by atoms with Gasteiger partial charge in [0.05, 0.1) is 23.1 Å². The molecule has 0 unspecified atom stereocenters. The molecule has 1 heterocycles. The van der Waals surface area contributed by atoms with E-state index in [0.29, 0.717) is 29.6 Å². The number of methoxy groups -OCH3 is 1. The molecule has 7 heteroatoms. The van der Waals surface area contributed by atoms with E-state index in [1.165, 1.54) is 10.5 Å². The Morgan fingerprint density at radius 2 is 1.93 bits per heavy atom. The van der Waals surface area contributed by atoms with E-state index in [0.717, 1.165) is 34.6 Å². The zero-order valence-electron chi connectivity index (χ0n) is 16.3. The first-order valence-electron chi connectivity index (χ1n) is 9.33. The summed E-state index contributed by atoms with van der Waals surface area (Å²) in [5.74, 6) is 0.924. The molecule has 1 aliphatic heterocycles. The van der Waals surface area contributed by atoms with Crippen molar-refractivity contribution >= 4 is 44.9 Å². The summed E-state index contributed by atoms with van der Waals surface area (Å²) in [5.41, 5.74) is 1.95. The second-order valence-corrected chi connectivity index (χ2v) is 8.24. The summed E-state index contributed by atoms with van der Waals surface area (Å²) in [6.45, 7) is 2.82. The molecule has 0 saturated carbocycles. The first-order chi connectivity index (χ1) is 14.0. The van der Waals surface area contributed by atoms with Gasteiger partial charge >= 0.3 is 0 Å². The van der Waals surface area contributed by atoms with Crippen LogP contribution in [-0.2, 0) is 11.2 Å². The number of hydrogen-bond donors (Lipinski definition) is 0. The Morgan fingerprint density at radius 3 is 2.62 bits per heavy atom. The monoisotopic (exact) mass is 475 g/mol. The molecule has 0 atom stereocenters. The van der Waals surface area contributed by atoms with E-state index < -0.39 is 0 Å². The molecule has 152 valence electrons. The third kappa shape index (κ3) is 5.22. The van der Waals surface area contributed by atoms with E-state index in [4.69, 9.17) is 9.47 Å². The van der Waals surface area contributed by atoms with Gasteiger partial charge in [0, 0.05) is 6.54 Å². The molecule has 0 spiro atoms. The van der Waals surface area contributed by atoms with Crippen molar-refractivity contribution in [3.05, 3.63) is 63.0 Å². The molecule has 3 rings (SSSR count). The van der Waals surface area contributed by atoms with Gasteiger partial charge in [-0.25, -0.2) is 0 Å². The highest BCUT2D eigenvalue weighted by molar-refractivity contribution is 9.10. The van der Waals surface area contributed by atoms with Gasteiger partial charge in [0.2, 0.25) is 0 Å². The lowest BCUT2D eigenvalue weighted by Crippen LogP contribution is -2.29. The van der Waals surface area contributed by atoms with Gasteiger partial charge in [-0.05, 0) is 76.8 Å². The Hall–Kier alpha value is -2.25. The van der Waals surface area contributed by atoms with Crippen LogP contribution in [0.2, 0.25) is 0 Å². The second kappa shape index (κ2) is 9.98. The van der Waals surface area contributed by atoms with E-state index in [-0.39, 0.29) is 11.1 Å². The highest BCUT2D eigenvalue weighted by atomic mass is 79.9. The first-order valence-corrected chi connectivity index (χ1v) is 10.9. The van der Waals surface area contributed by atoms with Gasteiger partial charge in [-0.3, -0.25) is 14.5 Å². The summed E-state index contributed by atoms with van der Waals surface area (Å²) in [4.78, 5) is 26.8. The molecule has 0 bridgehead atoms. The quantitative estimate of drug-likeness (QED) is 0.470. The molecule has 0 aliphatic carbocycles. The lowest BCUT2D eigenvalue weighted by Gasteiger charge is -2.13. The fourth-order valence-electron chi connectivity index (χ4n) is 3.04. The van der Waals surface area contributed by atoms with Gasteiger partial charge in [-0.2, -0.15) is 0 Å². The number of hydrogen-bond acceptors (Lipinski definition) is 5. The van der Waals surface area contributed by atoms with Crippen LogP contribution in [0, 0.1) is 0 Å². The lowest BCUT2D eigenvalue weighted by atomic mass is 10.1. The Bertz CT molecular complexity index is 930. The van der Waals surface area contributed by atoms with Crippen LogP contribution in [0.5, 0.6) is 11.5 Å². The van der Waals surface area contributed by atoms with Gasteiger partial charge in [-0.1, -0.05) is 30.3 Å². The van der Waals surface area contributed by atoms with Crippen molar-refractivity contribution < 1.29 is 19.1 Å². The Kier molecular flexibility index (Phi) is 7.39. The molecule has 2 amide bonds. The summed E-state index contributed by atoms with van der Waals surface area (Å²) >= 11 is 4.45. The van der Waals surface area contributed by atoms with Crippen molar-refractivity contribution in [1.29, 1.82) is 0 Å². The molecular weight excluding hydrogens is 454 g/mol. The summed E-state index contributed by atoms with van der Waals surface area (Å²) < 4.78 is 11.7. The van der Waals surface area contributed by atoms with Crippen molar-refractivity contribution in [2.75, 3.05) is 20.3 Å². The minimum absolute atomic E-state index is 0.230. The van der Waals surface area contributed by atoms with E-state index in [1.54, 1.807) is 19.3 Å². The molecule has 0 aromatic heterocycles. The number of nitrogens with zero attached hydrogens (tertiary/aromatic N) is 1. The molecule has 0 radical (unpaired) electrons. The smallest absolute Gasteiger partial charge is 0.293 e. The van der Waals surface area contributed by atoms with Crippen LogP contribution in [0.3, 0.4) is 0 Å². The number of aryl methyl sites for hydroxylation is 1. The standard InChI is InChI=1S/C22H22BrNO4S/c1-3-28-20-17(23)12-16(13-18(20)27-2)14-19-21(25)24(22(26)29-19)11-7-10-15-8-5-4-6-9-15/h4-6,8-9,12-14H,3,7,10-11H2,1-2H3/b19-14-. The highest BCUT2D eigenvalue weighted by Gasteiger charge is 2.34. The SMILES string of the molecule is CCOc1c(Br)cc(/C=C2\SC(=O)N(CCCc3ccccc3)C2=O)cc1OC. The van der Waals surface area contributed by atoms with Gasteiger partial charge in [0.15, 0.2) is 11.5 Å². The fourth-order valence-corrected chi connectivity index (χ4v) is 4.48. The number of benzene rings is 2. The first kappa shape index (κ1) is 21.5. The molecule has 29 heavy (non-hydrogen) atoms. The van der Waals surface area contributed by atoms with Gasteiger partial charge in [0.1, 0.15) is 0 Å². The predicted molar refractivity (Wildman–Crippen MR) is 119 cm³/mol. The number of thioether (sulfide) groups is 1. The van der Waals surface area contributed by atoms with E-state index in [1.807, 2.05) is 43.3 Å². The van der Waals surface area contributed by atoms with Crippen LogP contribution in [-0.4, -0.2) is 36.3 Å². The largest absolute Gasteiger partial charge is 0.493 e. The minimum Gasteiger partial charge on any atom is -0.493 e. The Balaban J connectivity index is 1.71. The maximum atomic E-state index is 12.7. The van der Waals surface area contributed by atoms with Gasteiger partial charge < -0.3 is 9.47 Å². The number of rotatable bonds is 8. The number of carbonyl (C=O) groups is 2. The molecule has 2 aromatic rings. The van der Waals surface area contributed by atoms with E-state index >= 15 is 0 Å². The zero-order chi connectivity index (χ0) is 20.8. The molecule has 1 fully saturated rings. The molecule has 1 aliphatic rings. The summed E-state index contributed by atoms with van der Waals surface area (Å²) in [7, 11) is 1.56. The number of amides is 2. The van der Waals surface area contributed by atoms with Crippen molar-refractivity contribution in [3.8, 4) is 11.5 Å². The Morgan fingerprint density at radius 1 is 1.17 bits per heavy atom. The second-order valence-electron chi connectivity index (χ2n) is 6.39. The number of carbonyl (C=O) groups excluding carboxylic acids is 2. The maximum Gasteiger partial charge on any atom is 0.293 e. The average Bonchev–Trinajstić information content (AvgIpc) is 2.98. The van der Waals surface area contributed by atoms with Crippen molar-refractivity contribution in [2.24, 2.45) is 0 Å². The highest BCUT2D eigenvalue weighted by Crippen LogP contribution is 2.39. The molecule has 0 N–H and O–H groups in total. The van der Waals surface area contributed by atoms with E-state index in [9.17, 15) is 9.59 Å². The number of ether oxygens (including phenoxy) is 2. The van der Waals surface area contributed by atoms with Crippen LogP contribution in [0.15, 0.2) is 51.8 Å². The maximum absolute atomic E-state index is 12.7. The summed E-state index contributed by atoms with van der Waals surface area (Å²) in [6.07, 6.45) is 3.27. The average molecular weight is 476 g/mol. The van der Waals surface area contributed by atoms with E-state index in [2.05, 4.69) is 15.9 Å². The number of halogens is 1. The van der Waals surface area contributed by atoms with Gasteiger partial charge in [0.25, 0.3) is 11.1 Å². The van der Waals surface area contributed by atoms with Crippen LogP contribution < -0.4 is 9.47 Å². The third-order valence-electron chi connectivity index (χ3n) is 4.40. The van der Waals surface area contributed by atoms with Crippen LogP contribution >= 0.6 is 27.7 Å². The molecular formula is C22H22BrNO4S. The van der Waals surface area contributed by atoms with Crippen molar-refractivity contribution in [3.63, 3.8) is 0 Å². The zero-order valence-corrected chi connectivity index (χ0v) is 18.7. The predicted octanol–water partition coefficient (Wildman–Crippen LogP) is 5.53. The van der Waals surface area contributed by atoms with Crippen LogP contribution in [0.1, 0.15) is 24.5 Å². The summed E-state index contributed by atoms with van der Waals surface area (Å²) in [6, 6.07) is 13.7. The van der Waals surface area contributed by atoms with Crippen LogP contribution in [0.25, 0.3) is 6.08 Å². The molecule has 2 aromatic carbocycles. The van der Waals surface area contributed by atoms with Crippen molar-refractivity contribution in [1.82, 2.24) is 4.90 Å². The normalized spacial score (nSPS) is 15.3. The van der Waals surface area contributed by atoms with Crippen molar-refractivity contribution in [2.45, 2.75) is 19.8 Å². The topological polar surface area (TPSA) is 55.8 Å². The van der Waals surface area contributed by atoms with Gasteiger partial charge in [-0.15, -0.1) is 0 Å².